The Labute approximate surface area is 124 Å². The van der Waals surface area contributed by atoms with Gasteiger partial charge >= 0.3 is 0 Å². The Hall–Kier alpha value is -2.53. The average Bonchev–Trinajstić information content (AvgIpc) is 3.11. The van der Waals surface area contributed by atoms with Gasteiger partial charge in [0.1, 0.15) is 5.41 Å². The van der Waals surface area contributed by atoms with Gasteiger partial charge in [-0.3, -0.25) is 0 Å². The van der Waals surface area contributed by atoms with Crippen LogP contribution >= 0.6 is 0 Å². The van der Waals surface area contributed by atoms with Gasteiger partial charge in [-0.15, -0.1) is 0 Å². The number of nitrogens with zero attached hydrogens (tertiary/aromatic N) is 2. The molecule has 0 amide bonds. The van der Waals surface area contributed by atoms with Gasteiger partial charge in [0.2, 0.25) is 0 Å². The van der Waals surface area contributed by atoms with Crippen LogP contribution in [0.25, 0.3) is 0 Å². The minimum absolute atomic E-state index is 0.153. The largest absolute Gasteiger partial charge is 0.359 e. The molecule has 4 rings (SSSR count). The Balaban J connectivity index is 1.87. The normalized spacial score (nSPS) is 25.5. The second-order valence-electron chi connectivity index (χ2n) is 5.79. The Kier molecular flexibility index (Phi) is 2.62. The Bertz CT molecular complexity index is 742. The summed E-state index contributed by atoms with van der Waals surface area (Å²) in [4.78, 5) is 2.35. The summed E-state index contributed by atoms with van der Waals surface area (Å²) in [6, 6.07) is 21.5. The number of nitriles is 1. The lowest BCUT2D eigenvalue weighted by atomic mass is 9.73. The van der Waals surface area contributed by atoms with Gasteiger partial charge in [-0.25, -0.2) is 0 Å². The van der Waals surface area contributed by atoms with Crippen molar-refractivity contribution in [3.8, 4) is 6.07 Å². The number of benzene rings is 2. The van der Waals surface area contributed by atoms with Crippen molar-refractivity contribution in [1.82, 2.24) is 0 Å². The van der Waals surface area contributed by atoms with Crippen molar-refractivity contribution in [2.45, 2.75) is 17.9 Å². The number of para-hydroxylation sites is 1. The van der Waals surface area contributed by atoms with E-state index < -0.39 is 5.41 Å². The molecule has 2 heterocycles. The number of fused-ring (bicyclic) bond motifs is 3. The Morgan fingerprint density at radius 3 is 2.67 bits per heavy atom. The zero-order valence-electron chi connectivity index (χ0n) is 11.7. The summed E-state index contributed by atoms with van der Waals surface area (Å²) in [6.45, 7) is 0.903. The van der Waals surface area contributed by atoms with Crippen LogP contribution in [0, 0.1) is 11.3 Å². The van der Waals surface area contributed by atoms with E-state index in [1.165, 1.54) is 16.8 Å². The van der Waals surface area contributed by atoms with E-state index in [0.29, 0.717) is 0 Å². The molecule has 2 atom stereocenters. The van der Waals surface area contributed by atoms with Crippen molar-refractivity contribution in [2.24, 2.45) is 0 Å². The number of anilines is 1. The second-order valence-corrected chi connectivity index (χ2v) is 5.79. The first kappa shape index (κ1) is 12.2. The molecule has 0 aliphatic carbocycles. The van der Waals surface area contributed by atoms with Crippen molar-refractivity contribution < 1.29 is 0 Å². The molecule has 0 saturated heterocycles. The minimum atomic E-state index is -0.481. The van der Waals surface area contributed by atoms with Crippen LogP contribution < -0.4 is 4.90 Å². The minimum Gasteiger partial charge on any atom is -0.359 e. The highest BCUT2D eigenvalue weighted by Crippen LogP contribution is 2.48. The standard InChI is InChI=1S/C19H16N2/c20-14-19(13-15-7-2-1-3-8-15)16-9-4-5-10-17(16)21-12-6-11-18(19)21/h1-11,18H,12-13H2/t18-,19+/m1/s1. The SMILES string of the molecule is N#C[C@@]1(Cc2ccccc2)c2ccccc2N2CC=C[C@@H]21. The molecular formula is C19H16N2. The summed E-state index contributed by atoms with van der Waals surface area (Å²) in [6.07, 6.45) is 5.14. The highest BCUT2D eigenvalue weighted by molar-refractivity contribution is 5.70. The van der Waals surface area contributed by atoms with Gasteiger partial charge in [0.05, 0.1) is 12.1 Å². The van der Waals surface area contributed by atoms with Gasteiger partial charge in [-0.2, -0.15) is 5.26 Å². The van der Waals surface area contributed by atoms with E-state index in [9.17, 15) is 5.26 Å². The molecule has 21 heavy (non-hydrogen) atoms. The van der Waals surface area contributed by atoms with E-state index in [-0.39, 0.29) is 6.04 Å². The van der Waals surface area contributed by atoms with Gasteiger partial charge < -0.3 is 4.90 Å². The van der Waals surface area contributed by atoms with E-state index in [2.05, 4.69) is 53.5 Å². The molecule has 0 saturated carbocycles. The summed E-state index contributed by atoms with van der Waals surface area (Å²) in [5.41, 5.74) is 3.12. The molecule has 0 aromatic heterocycles. The summed E-state index contributed by atoms with van der Waals surface area (Å²) in [7, 11) is 0. The lowest BCUT2D eigenvalue weighted by Crippen LogP contribution is -2.41. The van der Waals surface area contributed by atoms with Gasteiger partial charge in [0.25, 0.3) is 0 Å². The summed E-state index contributed by atoms with van der Waals surface area (Å²) in [5.74, 6) is 0. The fourth-order valence-corrected chi connectivity index (χ4v) is 3.74. The first-order valence-electron chi connectivity index (χ1n) is 7.33. The molecule has 0 radical (unpaired) electrons. The van der Waals surface area contributed by atoms with E-state index in [1.807, 2.05) is 24.3 Å². The third-order valence-corrected chi connectivity index (χ3v) is 4.68. The third-order valence-electron chi connectivity index (χ3n) is 4.68. The fraction of sp³-hybridized carbons (Fsp3) is 0.211. The maximum atomic E-state index is 10.1. The zero-order valence-corrected chi connectivity index (χ0v) is 11.7. The van der Waals surface area contributed by atoms with Crippen LogP contribution in [0.3, 0.4) is 0 Å². The molecule has 102 valence electrons. The topological polar surface area (TPSA) is 27.0 Å². The lowest BCUT2D eigenvalue weighted by molar-refractivity contribution is 0.511. The molecule has 0 unspecified atom stereocenters. The molecule has 2 aliphatic rings. The van der Waals surface area contributed by atoms with Crippen molar-refractivity contribution in [3.63, 3.8) is 0 Å². The average molecular weight is 272 g/mol. The van der Waals surface area contributed by atoms with Crippen molar-refractivity contribution in [1.29, 1.82) is 5.26 Å². The molecule has 2 heteroatoms. The fourth-order valence-electron chi connectivity index (χ4n) is 3.74. The van der Waals surface area contributed by atoms with Crippen molar-refractivity contribution in [2.75, 3.05) is 11.4 Å². The smallest absolute Gasteiger partial charge is 0.112 e. The quantitative estimate of drug-likeness (QED) is 0.783. The van der Waals surface area contributed by atoms with Crippen molar-refractivity contribution in [3.05, 3.63) is 77.9 Å². The molecule has 2 aromatic carbocycles. The highest BCUT2D eigenvalue weighted by Gasteiger charge is 2.51. The molecular weight excluding hydrogens is 256 g/mol. The zero-order chi connectivity index (χ0) is 14.3. The van der Waals surface area contributed by atoms with E-state index >= 15 is 0 Å². The first-order chi connectivity index (χ1) is 10.3. The molecule has 2 aromatic rings. The summed E-state index contributed by atoms with van der Waals surface area (Å²) in [5, 5.41) is 10.1. The molecule has 2 aliphatic heterocycles. The van der Waals surface area contributed by atoms with Crippen LogP contribution in [0.4, 0.5) is 5.69 Å². The van der Waals surface area contributed by atoms with Crippen LogP contribution in [0.5, 0.6) is 0 Å². The Morgan fingerprint density at radius 1 is 1.10 bits per heavy atom. The van der Waals surface area contributed by atoms with Crippen molar-refractivity contribution >= 4 is 5.69 Å². The predicted molar refractivity (Wildman–Crippen MR) is 84.2 cm³/mol. The van der Waals surface area contributed by atoms with Crippen LogP contribution in [-0.2, 0) is 11.8 Å². The monoisotopic (exact) mass is 272 g/mol. The third kappa shape index (κ3) is 1.64. The lowest BCUT2D eigenvalue weighted by Gasteiger charge is -2.29. The highest BCUT2D eigenvalue weighted by atomic mass is 15.2. The number of hydrogen-bond acceptors (Lipinski definition) is 2. The predicted octanol–water partition coefficient (Wildman–Crippen LogP) is 3.45. The summed E-state index contributed by atoms with van der Waals surface area (Å²) >= 11 is 0. The first-order valence-corrected chi connectivity index (χ1v) is 7.33. The summed E-state index contributed by atoms with van der Waals surface area (Å²) < 4.78 is 0. The van der Waals surface area contributed by atoms with Crippen LogP contribution in [0.2, 0.25) is 0 Å². The molecule has 2 nitrogen and oxygen atoms in total. The molecule has 0 N–H and O–H groups in total. The van der Waals surface area contributed by atoms with E-state index in [4.69, 9.17) is 0 Å². The maximum absolute atomic E-state index is 10.1. The molecule has 0 fully saturated rings. The van der Waals surface area contributed by atoms with Gasteiger partial charge in [-0.05, 0) is 23.6 Å². The van der Waals surface area contributed by atoms with Gasteiger partial charge in [0, 0.05) is 12.2 Å². The van der Waals surface area contributed by atoms with E-state index in [0.717, 1.165) is 13.0 Å². The maximum Gasteiger partial charge on any atom is 0.112 e. The number of hydrogen-bond donors (Lipinski definition) is 0. The van der Waals surface area contributed by atoms with Crippen LogP contribution in [-0.4, -0.2) is 12.6 Å². The van der Waals surface area contributed by atoms with Crippen LogP contribution in [0.1, 0.15) is 11.1 Å². The van der Waals surface area contributed by atoms with Gasteiger partial charge in [0.15, 0.2) is 0 Å². The Morgan fingerprint density at radius 2 is 1.86 bits per heavy atom. The molecule has 0 bridgehead atoms. The van der Waals surface area contributed by atoms with Crippen LogP contribution in [0.15, 0.2) is 66.7 Å². The molecule has 0 spiro atoms. The van der Waals surface area contributed by atoms with Gasteiger partial charge in [-0.1, -0.05) is 60.7 Å². The second kappa shape index (κ2) is 4.49. The van der Waals surface area contributed by atoms with E-state index in [1.54, 1.807) is 0 Å². The number of rotatable bonds is 2.